The Kier molecular flexibility index (Phi) is 3.99. The molecule has 1 heterocycles. The maximum atomic E-state index is 12.0. The van der Waals surface area contributed by atoms with Crippen molar-refractivity contribution in [2.45, 2.75) is 19.8 Å². The maximum Gasteiger partial charge on any atom is 0.411 e. The number of alkyl halides is 3. The van der Waals surface area contributed by atoms with Gasteiger partial charge in [-0.25, -0.2) is 0 Å². The van der Waals surface area contributed by atoms with Gasteiger partial charge in [0.15, 0.2) is 0 Å². The van der Waals surface area contributed by atoms with Crippen LogP contribution in [0.2, 0.25) is 0 Å². The average Bonchev–Trinajstić information content (AvgIpc) is 2.71. The molecule has 0 aliphatic rings. The summed E-state index contributed by atoms with van der Waals surface area (Å²) in [6.07, 6.45) is -2.61. The number of benzene rings is 1. The lowest BCUT2D eigenvalue weighted by atomic mass is 10.2. The van der Waals surface area contributed by atoms with Crippen molar-refractivity contribution in [1.82, 2.24) is 4.57 Å². The highest BCUT2D eigenvalue weighted by Crippen LogP contribution is 2.22. The molecule has 2 rings (SSSR count). The highest BCUT2D eigenvalue weighted by atomic mass is 19.4. The van der Waals surface area contributed by atoms with E-state index in [0.717, 1.165) is 16.7 Å². The Balaban J connectivity index is 2.08. The van der Waals surface area contributed by atoms with Crippen molar-refractivity contribution < 1.29 is 22.6 Å². The fourth-order valence-electron chi connectivity index (χ4n) is 1.81. The molecule has 2 aromatic rings. The summed E-state index contributed by atoms with van der Waals surface area (Å²) < 4.78 is 47.6. The molecule has 0 bridgehead atoms. The van der Waals surface area contributed by atoms with Crippen LogP contribution in [0.15, 0.2) is 30.5 Å². The van der Waals surface area contributed by atoms with Crippen LogP contribution in [0.4, 0.5) is 13.2 Å². The summed E-state index contributed by atoms with van der Waals surface area (Å²) in [5, 5.41) is 0.904. The first-order valence-electron chi connectivity index (χ1n) is 5.86. The van der Waals surface area contributed by atoms with Crippen molar-refractivity contribution in [3.8, 4) is 5.75 Å². The zero-order valence-corrected chi connectivity index (χ0v) is 10.4. The summed E-state index contributed by atoms with van der Waals surface area (Å²) in [6.45, 7) is 1.09. The highest BCUT2D eigenvalue weighted by Gasteiger charge is 2.27. The van der Waals surface area contributed by atoms with Gasteiger partial charge in [0.2, 0.25) is 0 Å². The Hall–Kier alpha value is -1.69. The SMILES string of the molecule is CCOc1ccc2c(ccn2COCC(F)(F)F)c1. The third kappa shape index (κ3) is 3.64. The van der Waals surface area contributed by atoms with Gasteiger partial charge in [-0.15, -0.1) is 0 Å². The van der Waals surface area contributed by atoms with Gasteiger partial charge < -0.3 is 14.0 Å². The molecule has 1 aromatic carbocycles. The topological polar surface area (TPSA) is 23.4 Å². The molecule has 6 heteroatoms. The van der Waals surface area contributed by atoms with Crippen LogP contribution in [0.25, 0.3) is 10.9 Å². The molecule has 0 saturated carbocycles. The molecule has 19 heavy (non-hydrogen) atoms. The van der Waals surface area contributed by atoms with Gasteiger partial charge in [-0.1, -0.05) is 0 Å². The minimum atomic E-state index is -4.30. The van der Waals surface area contributed by atoms with Gasteiger partial charge >= 0.3 is 6.18 Å². The molecule has 0 spiro atoms. The number of ether oxygens (including phenoxy) is 2. The Morgan fingerprint density at radius 1 is 1.21 bits per heavy atom. The van der Waals surface area contributed by atoms with Crippen LogP contribution in [0.1, 0.15) is 6.92 Å². The molecule has 104 valence electrons. The van der Waals surface area contributed by atoms with Gasteiger partial charge in [0.05, 0.1) is 12.1 Å². The van der Waals surface area contributed by atoms with E-state index >= 15 is 0 Å². The monoisotopic (exact) mass is 273 g/mol. The third-order valence-corrected chi connectivity index (χ3v) is 2.55. The van der Waals surface area contributed by atoms with Gasteiger partial charge in [-0.05, 0) is 31.2 Å². The van der Waals surface area contributed by atoms with E-state index in [2.05, 4.69) is 4.74 Å². The lowest BCUT2D eigenvalue weighted by Gasteiger charge is -2.09. The second-order valence-electron chi connectivity index (χ2n) is 4.03. The van der Waals surface area contributed by atoms with Crippen molar-refractivity contribution in [3.05, 3.63) is 30.5 Å². The maximum absolute atomic E-state index is 12.0. The van der Waals surface area contributed by atoms with Gasteiger partial charge in [-0.2, -0.15) is 13.2 Å². The van der Waals surface area contributed by atoms with Crippen molar-refractivity contribution in [1.29, 1.82) is 0 Å². The second kappa shape index (κ2) is 5.52. The molecule has 0 atom stereocenters. The number of aromatic nitrogens is 1. The standard InChI is InChI=1S/C13H14F3NO2/c1-2-19-11-3-4-12-10(7-11)5-6-17(12)9-18-8-13(14,15)16/h3-7H,2,8-9H2,1H3. The van der Waals surface area contributed by atoms with Crippen LogP contribution in [0.3, 0.4) is 0 Å². The van der Waals surface area contributed by atoms with E-state index in [4.69, 9.17) is 4.74 Å². The predicted octanol–water partition coefficient (Wildman–Crippen LogP) is 3.58. The van der Waals surface area contributed by atoms with Crippen LogP contribution in [0, 0.1) is 0 Å². The Morgan fingerprint density at radius 3 is 2.68 bits per heavy atom. The number of fused-ring (bicyclic) bond motifs is 1. The Labute approximate surface area is 108 Å². The van der Waals surface area contributed by atoms with E-state index in [1.54, 1.807) is 22.9 Å². The van der Waals surface area contributed by atoms with Gasteiger partial charge in [-0.3, -0.25) is 0 Å². The smallest absolute Gasteiger partial charge is 0.411 e. The number of hydrogen-bond acceptors (Lipinski definition) is 2. The molecular weight excluding hydrogens is 259 g/mol. The van der Waals surface area contributed by atoms with Gasteiger partial charge in [0.25, 0.3) is 0 Å². The Morgan fingerprint density at radius 2 is 2.00 bits per heavy atom. The molecule has 1 aromatic heterocycles. The summed E-state index contributed by atoms with van der Waals surface area (Å²) in [4.78, 5) is 0. The molecule has 0 aliphatic carbocycles. The molecule has 0 N–H and O–H groups in total. The van der Waals surface area contributed by atoms with E-state index in [1.165, 1.54) is 0 Å². The second-order valence-corrected chi connectivity index (χ2v) is 4.03. The molecule has 0 amide bonds. The molecule has 0 unspecified atom stereocenters. The van der Waals surface area contributed by atoms with Gasteiger partial charge in [0, 0.05) is 11.6 Å². The quantitative estimate of drug-likeness (QED) is 0.831. The van der Waals surface area contributed by atoms with E-state index in [9.17, 15) is 13.2 Å². The lowest BCUT2D eigenvalue weighted by molar-refractivity contribution is -0.181. The molecule has 0 aliphatic heterocycles. The van der Waals surface area contributed by atoms with Crippen LogP contribution in [-0.2, 0) is 11.5 Å². The lowest BCUT2D eigenvalue weighted by Crippen LogP contribution is -2.18. The normalized spacial score (nSPS) is 12.0. The summed E-state index contributed by atoms with van der Waals surface area (Å²) in [7, 11) is 0. The van der Waals surface area contributed by atoms with Crippen molar-refractivity contribution in [2.24, 2.45) is 0 Å². The van der Waals surface area contributed by atoms with E-state index in [1.807, 2.05) is 19.1 Å². The van der Waals surface area contributed by atoms with E-state index in [-0.39, 0.29) is 6.73 Å². The number of rotatable bonds is 5. The Bertz CT molecular complexity index is 548. The fourth-order valence-corrected chi connectivity index (χ4v) is 1.81. The molecule has 0 saturated heterocycles. The largest absolute Gasteiger partial charge is 0.494 e. The minimum Gasteiger partial charge on any atom is -0.494 e. The van der Waals surface area contributed by atoms with Crippen LogP contribution < -0.4 is 4.74 Å². The van der Waals surface area contributed by atoms with Crippen molar-refractivity contribution in [3.63, 3.8) is 0 Å². The molecule has 3 nitrogen and oxygen atoms in total. The van der Waals surface area contributed by atoms with Crippen LogP contribution in [0.5, 0.6) is 5.75 Å². The average molecular weight is 273 g/mol. The summed E-state index contributed by atoms with van der Waals surface area (Å²) in [5.41, 5.74) is 0.811. The first kappa shape index (κ1) is 13.7. The number of hydrogen-bond donors (Lipinski definition) is 0. The number of halogens is 3. The van der Waals surface area contributed by atoms with Crippen LogP contribution in [-0.4, -0.2) is 24.0 Å². The highest BCUT2D eigenvalue weighted by molar-refractivity contribution is 5.81. The van der Waals surface area contributed by atoms with E-state index in [0.29, 0.717) is 6.61 Å². The summed E-state index contributed by atoms with van der Waals surface area (Å²) in [5.74, 6) is 0.740. The first-order valence-corrected chi connectivity index (χ1v) is 5.86. The van der Waals surface area contributed by atoms with Crippen molar-refractivity contribution >= 4 is 10.9 Å². The predicted molar refractivity (Wildman–Crippen MR) is 65.1 cm³/mol. The molecular formula is C13H14F3NO2. The minimum absolute atomic E-state index is 0.128. The van der Waals surface area contributed by atoms with Crippen molar-refractivity contribution in [2.75, 3.05) is 13.2 Å². The third-order valence-electron chi connectivity index (χ3n) is 2.55. The number of nitrogens with zero attached hydrogens (tertiary/aromatic N) is 1. The summed E-state index contributed by atoms with van der Waals surface area (Å²) >= 11 is 0. The summed E-state index contributed by atoms with van der Waals surface area (Å²) in [6, 6.07) is 7.25. The molecule has 0 radical (unpaired) electrons. The fraction of sp³-hybridized carbons (Fsp3) is 0.385. The zero-order valence-electron chi connectivity index (χ0n) is 10.4. The van der Waals surface area contributed by atoms with Gasteiger partial charge in [0.1, 0.15) is 19.1 Å². The van der Waals surface area contributed by atoms with E-state index < -0.39 is 12.8 Å². The first-order chi connectivity index (χ1) is 8.99. The zero-order chi connectivity index (χ0) is 13.9. The van der Waals surface area contributed by atoms with Crippen LogP contribution >= 0.6 is 0 Å². The molecule has 0 fully saturated rings.